The van der Waals surface area contributed by atoms with Gasteiger partial charge in [-0.2, -0.15) is 0 Å². The van der Waals surface area contributed by atoms with Gasteiger partial charge in [-0.15, -0.1) is 0 Å². The highest BCUT2D eigenvalue weighted by Crippen LogP contribution is 2.56. The molecular formula is C51H94O2. The number of benzene rings is 2. The highest BCUT2D eigenvalue weighted by atomic mass is 16.5. The van der Waals surface area contributed by atoms with Gasteiger partial charge in [0, 0.05) is 0 Å². The Morgan fingerprint density at radius 3 is 1.40 bits per heavy atom. The van der Waals surface area contributed by atoms with Crippen LogP contribution >= 0.6 is 0 Å². The maximum Gasteiger partial charge on any atom is 0.311 e. The number of hydrogen-bond donors (Lipinski definition) is 0. The molecule has 5 atom stereocenters. The van der Waals surface area contributed by atoms with E-state index in [9.17, 15) is 4.79 Å². The molecule has 2 bridgehead atoms. The minimum atomic E-state index is -0.329. The topological polar surface area (TPSA) is 26.3 Å². The molecule has 2 heteroatoms. The molecule has 4 rings (SSSR count). The molecule has 0 spiro atoms. The number of ether oxygens (including phenoxy) is 1. The third-order valence-corrected chi connectivity index (χ3v) is 11.3. The van der Waals surface area contributed by atoms with Crippen molar-refractivity contribution in [2.24, 2.45) is 40.9 Å². The first-order chi connectivity index (χ1) is 24.7. The molecule has 0 radical (unpaired) electrons. The zero-order valence-corrected chi connectivity index (χ0v) is 39.7. The number of hydrogen-bond acceptors (Lipinski definition) is 2. The monoisotopic (exact) mass is 739 g/mol. The normalized spacial score (nSPS) is 19.8. The van der Waals surface area contributed by atoms with E-state index in [1.54, 1.807) is 6.42 Å². The van der Waals surface area contributed by atoms with E-state index in [4.69, 9.17) is 4.74 Å². The zero-order chi connectivity index (χ0) is 42.1. The first-order valence-electron chi connectivity index (χ1n) is 22.1. The van der Waals surface area contributed by atoms with E-state index in [0.29, 0.717) is 17.3 Å². The molecule has 0 N–H and O–H groups in total. The van der Waals surface area contributed by atoms with E-state index in [0.717, 1.165) is 41.9 Å². The molecule has 2 aliphatic rings. The molecule has 2 saturated carbocycles. The Balaban J connectivity index is -0.000000599. The van der Waals surface area contributed by atoms with Gasteiger partial charge in [-0.1, -0.05) is 186 Å². The van der Waals surface area contributed by atoms with Gasteiger partial charge in [0.1, 0.15) is 0 Å². The first-order valence-corrected chi connectivity index (χ1v) is 22.1. The summed E-state index contributed by atoms with van der Waals surface area (Å²) in [6, 6.07) is 19.6. The van der Waals surface area contributed by atoms with Gasteiger partial charge >= 0.3 is 5.97 Å². The van der Waals surface area contributed by atoms with Gasteiger partial charge in [0.15, 0.2) is 0 Å². The zero-order valence-electron chi connectivity index (χ0n) is 39.7. The van der Waals surface area contributed by atoms with Crippen molar-refractivity contribution in [1.82, 2.24) is 0 Å². The van der Waals surface area contributed by atoms with E-state index < -0.39 is 0 Å². The Morgan fingerprint density at radius 1 is 0.660 bits per heavy atom. The van der Waals surface area contributed by atoms with E-state index in [1.165, 1.54) is 36.0 Å². The molecule has 5 unspecified atom stereocenters. The van der Waals surface area contributed by atoms with Crippen LogP contribution in [0, 0.1) is 40.9 Å². The molecule has 2 aliphatic carbocycles. The molecule has 0 heterocycles. The number of esters is 1. The van der Waals surface area contributed by atoms with Crippen molar-refractivity contribution < 1.29 is 9.53 Å². The molecule has 0 saturated heterocycles. The number of rotatable bonds is 8. The maximum absolute atomic E-state index is 11.3. The summed E-state index contributed by atoms with van der Waals surface area (Å²) < 4.78 is 5.07. The first kappa shape index (κ1) is 55.2. The Labute approximate surface area is 334 Å². The van der Waals surface area contributed by atoms with Gasteiger partial charge in [0.2, 0.25) is 0 Å². The quantitative estimate of drug-likeness (QED) is 0.252. The number of carbonyl (C=O) groups excluding carboxylic acids is 1. The summed E-state index contributed by atoms with van der Waals surface area (Å²) in [6.45, 7) is 47.3. The predicted octanol–water partition coefficient (Wildman–Crippen LogP) is 16.7. The van der Waals surface area contributed by atoms with Crippen LogP contribution in [0.15, 0.2) is 54.6 Å². The molecule has 2 fully saturated rings. The summed E-state index contributed by atoms with van der Waals surface area (Å²) in [5.74, 6) is 7.36. The van der Waals surface area contributed by atoms with Crippen LogP contribution in [0.1, 0.15) is 213 Å². The van der Waals surface area contributed by atoms with Gasteiger partial charge in [0.25, 0.3) is 0 Å². The fourth-order valence-corrected chi connectivity index (χ4v) is 6.64. The molecule has 2 aromatic carbocycles. The van der Waals surface area contributed by atoms with Crippen LogP contribution in [-0.2, 0) is 14.9 Å². The third kappa shape index (κ3) is 21.0. The van der Waals surface area contributed by atoms with Crippen molar-refractivity contribution >= 4 is 5.97 Å². The highest BCUT2D eigenvalue weighted by molar-refractivity contribution is 5.75. The van der Waals surface area contributed by atoms with Crippen LogP contribution in [0.3, 0.4) is 0 Å². The van der Waals surface area contributed by atoms with Crippen molar-refractivity contribution in [2.45, 2.75) is 208 Å². The Hall–Kier alpha value is -2.09. The molecular weight excluding hydrogens is 645 g/mol. The lowest BCUT2D eigenvalue weighted by molar-refractivity contribution is -0.158. The van der Waals surface area contributed by atoms with Gasteiger partial charge in [-0.3, -0.25) is 4.79 Å². The van der Waals surface area contributed by atoms with Crippen LogP contribution in [0.5, 0.6) is 0 Å². The smallest absolute Gasteiger partial charge is 0.311 e. The Kier molecular flexibility index (Phi) is 30.5. The van der Waals surface area contributed by atoms with Crippen molar-refractivity contribution in [3.8, 4) is 0 Å². The summed E-state index contributed by atoms with van der Waals surface area (Å²) in [4.78, 5) is 11.3. The van der Waals surface area contributed by atoms with Crippen molar-refractivity contribution in [3.05, 3.63) is 71.3 Å². The Bertz CT molecular complexity index is 1120. The van der Waals surface area contributed by atoms with Crippen molar-refractivity contribution in [1.29, 1.82) is 0 Å². The van der Waals surface area contributed by atoms with Gasteiger partial charge in [-0.25, -0.2) is 0 Å². The third-order valence-electron chi connectivity index (χ3n) is 11.3. The summed E-state index contributed by atoms with van der Waals surface area (Å²) >= 11 is 0. The minimum absolute atomic E-state index is 0.00618. The summed E-state index contributed by atoms with van der Waals surface area (Å²) in [7, 11) is 0. The van der Waals surface area contributed by atoms with Gasteiger partial charge in [0.05, 0.1) is 11.5 Å². The lowest BCUT2D eigenvalue weighted by Crippen LogP contribution is -2.28. The molecule has 2 nitrogen and oxygen atoms in total. The lowest BCUT2D eigenvalue weighted by Gasteiger charge is -2.34. The molecule has 310 valence electrons. The molecule has 2 aromatic rings. The fraction of sp³-hybridized carbons (Fsp3) is 0.745. The molecule has 53 heavy (non-hydrogen) atoms. The van der Waals surface area contributed by atoms with E-state index >= 15 is 0 Å². The predicted molar refractivity (Wildman–Crippen MR) is 241 cm³/mol. The summed E-state index contributed by atoms with van der Waals surface area (Å²) in [5.41, 5.74) is 4.28. The van der Waals surface area contributed by atoms with E-state index in [-0.39, 0.29) is 17.5 Å². The van der Waals surface area contributed by atoms with Crippen molar-refractivity contribution in [3.63, 3.8) is 0 Å². The Morgan fingerprint density at radius 2 is 1.09 bits per heavy atom. The second kappa shape index (κ2) is 29.2. The minimum Gasteiger partial charge on any atom is -0.463 e. The second-order valence-corrected chi connectivity index (χ2v) is 17.5. The standard InChI is InChI=1S/C14H22.C12H22.C9H18O2.C9H12.C3H8.2C2H6/c1-6-14(4,5)13-9-7-12(8-10-13)11(2)3;1-7(2)11-5-10-6-12(11)9(4)8(10)3;1-6-9(4,5)8(10)11-7(2)3;1-8(2)9-6-4-3-5-7-9;1-3-2;2*1-2/h7-11H,6H2,1-5H3;7-12H,5-6H2,1-4H3;7H,6H2,1-5H3;3-8H,1-2H3;3H2,1-2H3;2*1-2H3. The molecule has 0 aliphatic heterocycles. The molecule has 0 aromatic heterocycles. The second-order valence-electron chi connectivity index (χ2n) is 17.5. The number of fused-ring (bicyclic) bond motifs is 2. The highest BCUT2D eigenvalue weighted by Gasteiger charge is 2.49. The average molecular weight is 739 g/mol. The van der Waals surface area contributed by atoms with Crippen molar-refractivity contribution in [2.75, 3.05) is 0 Å². The van der Waals surface area contributed by atoms with Crippen LogP contribution in [0.2, 0.25) is 0 Å². The van der Waals surface area contributed by atoms with Crippen LogP contribution in [-0.4, -0.2) is 12.1 Å². The fourth-order valence-electron chi connectivity index (χ4n) is 6.64. The number of carbonyl (C=O) groups is 1. The summed E-state index contributed by atoms with van der Waals surface area (Å²) in [5, 5.41) is 0. The van der Waals surface area contributed by atoms with Gasteiger partial charge in [-0.05, 0) is 123 Å². The van der Waals surface area contributed by atoms with Crippen LogP contribution in [0.25, 0.3) is 0 Å². The van der Waals surface area contributed by atoms with E-state index in [1.807, 2.05) is 68.4 Å². The maximum atomic E-state index is 11.3. The molecule has 0 amide bonds. The largest absolute Gasteiger partial charge is 0.463 e. The van der Waals surface area contributed by atoms with E-state index in [2.05, 4.69) is 139 Å². The SMILES string of the molecule is CC.CC.CC(C)C1CC2CC1C(C)C2C.CC(C)c1ccccc1.CCC.CCC(C)(C)C(=O)OC(C)C.CCC(C)(C)c1ccc(C(C)C)cc1. The lowest BCUT2D eigenvalue weighted by atomic mass is 9.72. The average Bonchev–Trinajstić information content (AvgIpc) is 3.70. The van der Waals surface area contributed by atoms with Gasteiger partial charge < -0.3 is 4.74 Å². The van der Waals surface area contributed by atoms with Crippen LogP contribution < -0.4 is 0 Å². The summed E-state index contributed by atoms with van der Waals surface area (Å²) in [6.07, 6.45) is 6.33. The van der Waals surface area contributed by atoms with Crippen LogP contribution in [0.4, 0.5) is 0 Å².